The number of hydrogen-bond acceptors (Lipinski definition) is 2. The first-order valence-electron chi connectivity index (χ1n) is 9.66. The monoisotopic (exact) mass is 404 g/mol. The average Bonchev–Trinajstić information content (AvgIpc) is 2.98. The third-order valence-electron chi connectivity index (χ3n) is 5.06. The Bertz CT molecular complexity index is 878. The molecule has 154 valence electrons. The van der Waals surface area contributed by atoms with E-state index in [-0.39, 0.29) is 18.4 Å². The zero-order chi connectivity index (χ0) is 21.0. The summed E-state index contributed by atoms with van der Waals surface area (Å²) in [7, 11) is 0. The van der Waals surface area contributed by atoms with Crippen LogP contribution >= 0.6 is 0 Å². The van der Waals surface area contributed by atoms with Gasteiger partial charge in [-0.1, -0.05) is 43.7 Å². The molecule has 3 rings (SSSR count). The number of carbonyl (C=O) groups is 2. The summed E-state index contributed by atoms with van der Waals surface area (Å²) in [6, 6.07) is 11.2. The molecule has 1 unspecified atom stereocenters. The van der Waals surface area contributed by atoms with Crippen LogP contribution in [0.5, 0.6) is 0 Å². The molecule has 0 saturated heterocycles. The highest BCUT2D eigenvalue weighted by atomic mass is 19.4. The van der Waals surface area contributed by atoms with Gasteiger partial charge < -0.3 is 10.2 Å². The molecule has 1 atom stereocenters. The first-order valence-corrected chi connectivity index (χ1v) is 9.66. The molecule has 0 saturated carbocycles. The van der Waals surface area contributed by atoms with Crippen LogP contribution in [0.2, 0.25) is 0 Å². The SMILES string of the molecule is CCCCNC(=O)C1c2ccccc2C(=O)N1CCc1ccc(C(F)(F)F)cc1. The van der Waals surface area contributed by atoms with Gasteiger partial charge in [-0.2, -0.15) is 13.2 Å². The number of benzene rings is 2. The lowest BCUT2D eigenvalue weighted by atomic mass is 10.0. The molecule has 2 aromatic rings. The Morgan fingerprint density at radius 1 is 1.10 bits per heavy atom. The van der Waals surface area contributed by atoms with E-state index in [2.05, 4.69) is 5.32 Å². The number of carbonyl (C=O) groups excluding carboxylic acids is 2. The number of nitrogens with one attached hydrogen (secondary N) is 1. The van der Waals surface area contributed by atoms with Crippen molar-refractivity contribution in [2.75, 3.05) is 13.1 Å². The Hall–Kier alpha value is -2.83. The molecule has 1 heterocycles. The Labute approximate surface area is 167 Å². The molecule has 1 aliphatic rings. The second-order valence-electron chi connectivity index (χ2n) is 7.08. The number of fused-ring (bicyclic) bond motifs is 1. The number of alkyl halides is 3. The summed E-state index contributed by atoms with van der Waals surface area (Å²) in [6.45, 7) is 2.80. The van der Waals surface area contributed by atoms with Gasteiger partial charge in [-0.05, 0) is 42.2 Å². The third-order valence-corrected chi connectivity index (χ3v) is 5.06. The smallest absolute Gasteiger partial charge is 0.354 e. The minimum atomic E-state index is -4.38. The van der Waals surface area contributed by atoms with E-state index in [1.807, 2.05) is 6.92 Å². The molecule has 0 bridgehead atoms. The fourth-order valence-corrected chi connectivity index (χ4v) is 3.48. The molecule has 0 aliphatic carbocycles. The summed E-state index contributed by atoms with van der Waals surface area (Å²) in [6.07, 6.45) is -2.24. The van der Waals surface area contributed by atoms with Crippen LogP contribution in [0.4, 0.5) is 13.2 Å². The van der Waals surface area contributed by atoms with E-state index in [0.717, 1.165) is 25.0 Å². The highest BCUT2D eigenvalue weighted by Crippen LogP contribution is 2.34. The van der Waals surface area contributed by atoms with Crippen LogP contribution in [0.3, 0.4) is 0 Å². The van der Waals surface area contributed by atoms with Crippen molar-refractivity contribution in [3.05, 3.63) is 70.8 Å². The molecule has 7 heteroatoms. The van der Waals surface area contributed by atoms with Crippen molar-refractivity contribution in [2.24, 2.45) is 0 Å². The van der Waals surface area contributed by atoms with Crippen molar-refractivity contribution in [1.29, 1.82) is 0 Å². The summed E-state index contributed by atoms with van der Waals surface area (Å²) in [5.41, 5.74) is 1.13. The standard InChI is InChI=1S/C22H23F3N2O2/c1-2-3-13-26-20(28)19-17-6-4-5-7-18(17)21(29)27(19)14-12-15-8-10-16(11-9-15)22(23,24)25/h4-11,19H,2-3,12-14H2,1H3,(H,26,28). The van der Waals surface area contributed by atoms with Crippen LogP contribution in [0.1, 0.15) is 52.9 Å². The van der Waals surface area contributed by atoms with Crippen LogP contribution in [0, 0.1) is 0 Å². The van der Waals surface area contributed by atoms with E-state index >= 15 is 0 Å². The molecular weight excluding hydrogens is 381 g/mol. The summed E-state index contributed by atoms with van der Waals surface area (Å²) < 4.78 is 38.2. The maximum absolute atomic E-state index is 12.8. The summed E-state index contributed by atoms with van der Waals surface area (Å²) >= 11 is 0. The van der Waals surface area contributed by atoms with Gasteiger partial charge in [-0.15, -0.1) is 0 Å². The minimum absolute atomic E-state index is 0.232. The Morgan fingerprint density at radius 2 is 1.79 bits per heavy atom. The van der Waals surface area contributed by atoms with E-state index in [4.69, 9.17) is 0 Å². The van der Waals surface area contributed by atoms with Gasteiger partial charge in [0.2, 0.25) is 5.91 Å². The minimum Gasteiger partial charge on any atom is -0.354 e. The first kappa shape index (κ1) is 20.9. The fraction of sp³-hybridized carbons (Fsp3) is 0.364. The number of amides is 2. The Morgan fingerprint density at radius 3 is 2.45 bits per heavy atom. The van der Waals surface area contributed by atoms with Gasteiger partial charge in [0, 0.05) is 18.7 Å². The van der Waals surface area contributed by atoms with Crippen molar-refractivity contribution in [3.8, 4) is 0 Å². The average molecular weight is 404 g/mol. The Balaban J connectivity index is 1.75. The van der Waals surface area contributed by atoms with Gasteiger partial charge in [0.05, 0.1) is 5.56 Å². The number of nitrogens with zero attached hydrogens (tertiary/aromatic N) is 1. The number of unbranched alkanes of at least 4 members (excludes halogenated alkanes) is 1. The number of rotatable bonds is 7. The van der Waals surface area contributed by atoms with Crippen molar-refractivity contribution < 1.29 is 22.8 Å². The van der Waals surface area contributed by atoms with E-state index in [0.29, 0.717) is 29.7 Å². The summed E-state index contributed by atoms with van der Waals surface area (Å²) in [4.78, 5) is 27.1. The quantitative estimate of drug-likeness (QED) is 0.697. The van der Waals surface area contributed by atoms with Crippen molar-refractivity contribution in [1.82, 2.24) is 10.2 Å². The van der Waals surface area contributed by atoms with Crippen LogP contribution in [0.15, 0.2) is 48.5 Å². The van der Waals surface area contributed by atoms with E-state index < -0.39 is 17.8 Å². The predicted molar refractivity (Wildman–Crippen MR) is 103 cm³/mol. The molecule has 0 spiro atoms. The van der Waals surface area contributed by atoms with Gasteiger partial charge in [-0.3, -0.25) is 9.59 Å². The van der Waals surface area contributed by atoms with E-state index in [1.54, 1.807) is 24.3 Å². The first-order chi connectivity index (χ1) is 13.8. The molecule has 0 fully saturated rings. The van der Waals surface area contributed by atoms with E-state index in [1.165, 1.54) is 17.0 Å². The molecule has 29 heavy (non-hydrogen) atoms. The van der Waals surface area contributed by atoms with Crippen molar-refractivity contribution in [2.45, 2.75) is 38.4 Å². The Kier molecular flexibility index (Phi) is 6.25. The number of halogens is 3. The lowest BCUT2D eigenvalue weighted by molar-refractivity contribution is -0.137. The zero-order valence-corrected chi connectivity index (χ0v) is 16.1. The third kappa shape index (κ3) is 4.60. The lowest BCUT2D eigenvalue weighted by Crippen LogP contribution is -2.40. The molecule has 4 nitrogen and oxygen atoms in total. The summed E-state index contributed by atoms with van der Waals surface area (Å²) in [5, 5.41) is 2.88. The lowest BCUT2D eigenvalue weighted by Gasteiger charge is -2.25. The van der Waals surface area contributed by atoms with Gasteiger partial charge >= 0.3 is 6.18 Å². The van der Waals surface area contributed by atoms with Crippen molar-refractivity contribution >= 4 is 11.8 Å². The van der Waals surface area contributed by atoms with Gasteiger partial charge in [0.15, 0.2) is 0 Å². The summed E-state index contributed by atoms with van der Waals surface area (Å²) in [5.74, 6) is -0.465. The molecule has 1 aliphatic heterocycles. The van der Waals surface area contributed by atoms with Gasteiger partial charge in [-0.25, -0.2) is 0 Å². The molecule has 2 aromatic carbocycles. The second kappa shape index (κ2) is 8.68. The van der Waals surface area contributed by atoms with Crippen LogP contribution in [0.25, 0.3) is 0 Å². The maximum atomic E-state index is 12.8. The van der Waals surface area contributed by atoms with Crippen LogP contribution in [-0.4, -0.2) is 29.8 Å². The largest absolute Gasteiger partial charge is 0.416 e. The normalized spacial score (nSPS) is 16.1. The van der Waals surface area contributed by atoms with Crippen molar-refractivity contribution in [3.63, 3.8) is 0 Å². The molecule has 0 radical (unpaired) electrons. The number of hydrogen-bond donors (Lipinski definition) is 1. The van der Waals surface area contributed by atoms with Gasteiger partial charge in [0.25, 0.3) is 5.91 Å². The van der Waals surface area contributed by atoms with E-state index in [9.17, 15) is 22.8 Å². The topological polar surface area (TPSA) is 49.4 Å². The predicted octanol–water partition coefficient (Wildman–Crippen LogP) is 4.36. The zero-order valence-electron chi connectivity index (χ0n) is 16.1. The van der Waals surface area contributed by atoms with Crippen LogP contribution in [-0.2, 0) is 17.4 Å². The van der Waals surface area contributed by atoms with Gasteiger partial charge in [0.1, 0.15) is 6.04 Å². The highest BCUT2D eigenvalue weighted by molar-refractivity contribution is 6.04. The molecule has 1 N–H and O–H groups in total. The molecule has 0 aromatic heterocycles. The highest BCUT2D eigenvalue weighted by Gasteiger charge is 2.40. The molecular formula is C22H23F3N2O2. The second-order valence-corrected chi connectivity index (χ2v) is 7.08. The van der Waals surface area contributed by atoms with Crippen LogP contribution < -0.4 is 5.32 Å². The molecule has 2 amide bonds. The fourth-order valence-electron chi connectivity index (χ4n) is 3.48. The maximum Gasteiger partial charge on any atom is 0.416 e.